The smallest absolute Gasteiger partial charge is 0.365 e. The molecule has 1 aromatic heterocycles. The predicted octanol–water partition coefficient (Wildman–Crippen LogP) is 5.13. The second-order valence-corrected chi connectivity index (χ2v) is 9.96. The standard InChI is InChI=1S/C26H25F4N3OS/c27-21-5-1-2-6-23(21)32-11-12-33-22-8-7-18(26(28,29)30)14-17(22)15-20(24(33)16-32)25(34)31-10-9-19-4-3-13-35-19/h1-8,13-14,20,24H,9-12,15-16H2,(H,31,34). The molecule has 5 rings (SSSR count). The van der Waals surface area contributed by atoms with Crippen LogP contribution in [0.25, 0.3) is 0 Å². The van der Waals surface area contributed by atoms with Crippen LogP contribution in [0.5, 0.6) is 0 Å². The Morgan fingerprint density at radius 3 is 2.63 bits per heavy atom. The number of nitrogens with zero attached hydrogens (tertiary/aromatic N) is 2. The van der Waals surface area contributed by atoms with Crippen molar-refractivity contribution < 1.29 is 22.4 Å². The molecule has 1 amide bonds. The molecule has 9 heteroatoms. The third-order valence-electron chi connectivity index (χ3n) is 6.82. The van der Waals surface area contributed by atoms with Crippen molar-refractivity contribution in [2.24, 2.45) is 5.92 Å². The number of piperazine rings is 1. The summed E-state index contributed by atoms with van der Waals surface area (Å²) in [6, 6.07) is 14.0. The SMILES string of the molecule is O=C(NCCc1cccs1)C1Cc2cc(C(F)(F)F)ccc2N2CCN(c3ccccc3F)CC12. The first kappa shape index (κ1) is 23.7. The normalized spacial score (nSPS) is 19.8. The molecule has 2 aromatic carbocycles. The number of alkyl halides is 3. The van der Waals surface area contributed by atoms with E-state index < -0.39 is 17.7 Å². The number of para-hydroxylation sites is 1. The zero-order chi connectivity index (χ0) is 24.6. The van der Waals surface area contributed by atoms with Gasteiger partial charge in [-0.15, -0.1) is 11.3 Å². The van der Waals surface area contributed by atoms with Crippen molar-refractivity contribution in [2.45, 2.75) is 25.1 Å². The molecule has 3 heterocycles. The lowest BCUT2D eigenvalue weighted by atomic mass is 9.82. The minimum absolute atomic E-state index is 0.185. The molecule has 4 nitrogen and oxygen atoms in total. The van der Waals surface area contributed by atoms with E-state index in [4.69, 9.17) is 0 Å². The van der Waals surface area contributed by atoms with E-state index in [2.05, 4.69) is 5.32 Å². The summed E-state index contributed by atoms with van der Waals surface area (Å²) >= 11 is 1.61. The van der Waals surface area contributed by atoms with Crippen LogP contribution < -0.4 is 15.1 Å². The molecule has 184 valence electrons. The molecule has 0 radical (unpaired) electrons. The molecule has 0 spiro atoms. The Bertz CT molecular complexity index is 1200. The van der Waals surface area contributed by atoms with Gasteiger partial charge in [0.15, 0.2) is 0 Å². The molecule has 2 unspecified atom stereocenters. The Hall–Kier alpha value is -3.07. The quantitative estimate of drug-likeness (QED) is 0.491. The lowest BCUT2D eigenvalue weighted by molar-refractivity contribution is -0.137. The van der Waals surface area contributed by atoms with E-state index in [9.17, 15) is 22.4 Å². The van der Waals surface area contributed by atoms with E-state index in [-0.39, 0.29) is 24.2 Å². The highest BCUT2D eigenvalue weighted by atomic mass is 32.1. The second-order valence-electron chi connectivity index (χ2n) is 8.93. The summed E-state index contributed by atoms with van der Waals surface area (Å²) in [4.78, 5) is 18.4. The number of anilines is 2. The molecule has 0 aliphatic carbocycles. The summed E-state index contributed by atoms with van der Waals surface area (Å²) in [7, 11) is 0. The fraction of sp³-hybridized carbons (Fsp3) is 0.346. The monoisotopic (exact) mass is 503 g/mol. The van der Waals surface area contributed by atoms with Gasteiger partial charge in [0.2, 0.25) is 5.91 Å². The Labute approximate surface area is 205 Å². The number of rotatable bonds is 5. The molecule has 1 N–H and O–H groups in total. The fourth-order valence-electron chi connectivity index (χ4n) is 5.12. The van der Waals surface area contributed by atoms with Crippen LogP contribution >= 0.6 is 11.3 Å². The van der Waals surface area contributed by atoms with Crippen LogP contribution in [-0.4, -0.2) is 38.1 Å². The van der Waals surface area contributed by atoms with Crippen LogP contribution in [0.2, 0.25) is 0 Å². The molecule has 3 aromatic rings. The molecule has 0 saturated carbocycles. The van der Waals surface area contributed by atoms with Crippen molar-refractivity contribution in [1.29, 1.82) is 0 Å². The maximum atomic E-state index is 14.5. The molecular formula is C26H25F4N3OS. The van der Waals surface area contributed by atoms with Crippen LogP contribution in [0.4, 0.5) is 28.9 Å². The van der Waals surface area contributed by atoms with Gasteiger partial charge in [-0.2, -0.15) is 13.2 Å². The van der Waals surface area contributed by atoms with Crippen LogP contribution in [0, 0.1) is 11.7 Å². The number of thiophene rings is 1. The first-order valence-corrected chi connectivity index (χ1v) is 12.5. The maximum absolute atomic E-state index is 14.5. The van der Waals surface area contributed by atoms with Gasteiger partial charge in [0.1, 0.15) is 5.82 Å². The highest BCUT2D eigenvalue weighted by molar-refractivity contribution is 7.09. The second kappa shape index (κ2) is 9.53. The van der Waals surface area contributed by atoms with Crippen molar-refractivity contribution >= 4 is 28.6 Å². The topological polar surface area (TPSA) is 35.6 Å². The minimum atomic E-state index is -4.45. The molecular weight excluding hydrogens is 478 g/mol. The average Bonchev–Trinajstić information content (AvgIpc) is 3.36. The number of carbonyl (C=O) groups excluding carboxylic acids is 1. The van der Waals surface area contributed by atoms with E-state index in [0.717, 1.165) is 16.6 Å². The van der Waals surface area contributed by atoms with Gasteiger partial charge in [0.25, 0.3) is 0 Å². The molecule has 2 aliphatic rings. The molecule has 35 heavy (non-hydrogen) atoms. The zero-order valence-corrected chi connectivity index (χ0v) is 19.7. The van der Waals surface area contributed by atoms with Crippen LogP contribution in [-0.2, 0) is 23.8 Å². The highest BCUT2D eigenvalue weighted by Gasteiger charge is 2.43. The highest BCUT2D eigenvalue weighted by Crippen LogP contribution is 2.40. The Morgan fingerprint density at radius 1 is 1.06 bits per heavy atom. The first-order valence-electron chi connectivity index (χ1n) is 11.6. The predicted molar refractivity (Wildman–Crippen MR) is 129 cm³/mol. The molecule has 2 atom stereocenters. The zero-order valence-electron chi connectivity index (χ0n) is 18.9. The van der Waals surface area contributed by atoms with E-state index in [1.54, 1.807) is 29.5 Å². The summed E-state index contributed by atoms with van der Waals surface area (Å²) < 4.78 is 54.7. The fourth-order valence-corrected chi connectivity index (χ4v) is 5.83. The van der Waals surface area contributed by atoms with Gasteiger partial charge >= 0.3 is 6.18 Å². The first-order chi connectivity index (χ1) is 16.8. The Morgan fingerprint density at radius 2 is 1.89 bits per heavy atom. The van der Waals surface area contributed by atoms with E-state index in [1.165, 1.54) is 18.2 Å². The molecule has 2 aliphatic heterocycles. The van der Waals surface area contributed by atoms with Crippen LogP contribution in [0.1, 0.15) is 16.0 Å². The van der Waals surface area contributed by atoms with Gasteiger partial charge in [-0.1, -0.05) is 18.2 Å². The molecule has 0 bridgehead atoms. The van der Waals surface area contributed by atoms with Gasteiger partial charge in [0, 0.05) is 36.7 Å². The van der Waals surface area contributed by atoms with Gasteiger partial charge in [-0.25, -0.2) is 4.39 Å². The van der Waals surface area contributed by atoms with Crippen molar-refractivity contribution in [3.05, 3.63) is 81.8 Å². The minimum Gasteiger partial charge on any atom is -0.365 e. The molecule has 1 fully saturated rings. The van der Waals surface area contributed by atoms with Gasteiger partial charge in [-0.3, -0.25) is 4.79 Å². The number of hydrogen-bond acceptors (Lipinski definition) is 4. The Kier molecular flexibility index (Phi) is 6.44. The van der Waals surface area contributed by atoms with Crippen LogP contribution in [0.3, 0.4) is 0 Å². The third kappa shape index (κ3) is 4.87. The van der Waals surface area contributed by atoms with E-state index >= 15 is 0 Å². The van der Waals surface area contributed by atoms with Crippen molar-refractivity contribution in [2.75, 3.05) is 36.0 Å². The lowest BCUT2D eigenvalue weighted by Crippen LogP contribution is -2.61. The Balaban J connectivity index is 1.42. The number of halogens is 4. The molecule has 1 saturated heterocycles. The van der Waals surface area contributed by atoms with Crippen LogP contribution in [0.15, 0.2) is 60.0 Å². The number of benzene rings is 2. The average molecular weight is 504 g/mol. The van der Waals surface area contributed by atoms with Gasteiger partial charge < -0.3 is 15.1 Å². The van der Waals surface area contributed by atoms with Gasteiger partial charge in [-0.05, 0) is 60.2 Å². The number of nitrogens with one attached hydrogen (secondary N) is 1. The summed E-state index contributed by atoms with van der Waals surface area (Å²) in [5.41, 5.74) is 1.01. The largest absolute Gasteiger partial charge is 0.416 e. The maximum Gasteiger partial charge on any atom is 0.416 e. The lowest BCUT2D eigenvalue weighted by Gasteiger charge is -2.49. The summed E-state index contributed by atoms with van der Waals surface area (Å²) in [6.45, 7) is 1.85. The summed E-state index contributed by atoms with van der Waals surface area (Å²) in [5.74, 6) is -1.07. The van der Waals surface area contributed by atoms with E-state index in [0.29, 0.717) is 43.9 Å². The number of fused-ring (bicyclic) bond motifs is 3. The van der Waals surface area contributed by atoms with Gasteiger partial charge in [0.05, 0.1) is 23.2 Å². The van der Waals surface area contributed by atoms with Crippen molar-refractivity contribution in [3.63, 3.8) is 0 Å². The number of carbonyl (C=O) groups is 1. The third-order valence-corrected chi connectivity index (χ3v) is 7.76. The summed E-state index contributed by atoms with van der Waals surface area (Å²) in [6.07, 6.45) is -3.55. The van der Waals surface area contributed by atoms with E-state index in [1.807, 2.05) is 27.3 Å². The summed E-state index contributed by atoms with van der Waals surface area (Å²) in [5, 5.41) is 4.97. The van der Waals surface area contributed by atoms with Crippen molar-refractivity contribution in [3.8, 4) is 0 Å². The van der Waals surface area contributed by atoms with Crippen molar-refractivity contribution in [1.82, 2.24) is 5.32 Å². The number of hydrogen-bond donors (Lipinski definition) is 1. The number of amides is 1.